The SMILES string of the molecule is CCCCCCC/C=C\C/C=C\CCCCCCCCCCCCCCCC(=O)OCC(COC(=O)CCCCCCCCCCCCCCCCCCCC)OC(=O)CCCCCCCCCCC/C=C\CCCCCCCCCC. The van der Waals surface area contributed by atoms with Crippen molar-refractivity contribution in [2.75, 3.05) is 13.2 Å². The van der Waals surface area contributed by atoms with E-state index in [2.05, 4.69) is 57.2 Å². The zero-order valence-electron chi connectivity index (χ0n) is 55.5. The van der Waals surface area contributed by atoms with Crippen molar-refractivity contribution < 1.29 is 28.6 Å². The van der Waals surface area contributed by atoms with Crippen molar-refractivity contribution >= 4 is 17.9 Å². The first-order chi connectivity index (χ1) is 40.5. The fraction of sp³-hybridized carbons (Fsp3) is 0.882. The zero-order valence-corrected chi connectivity index (χ0v) is 55.5. The van der Waals surface area contributed by atoms with Gasteiger partial charge in [0, 0.05) is 19.3 Å². The first-order valence-corrected chi connectivity index (χ1v) is 37.0. The van der Waals surface area contributed by atoms with Gasteiger partial charge in [0.1, 0.15) is 13.2 Å². The fourth-order valence-electron chi connectivity index (χ4n) is 11.3. The van der Waals surface area contributed by atoms with Gasteiger partial charge in [0.05, 0.1) is 0 Å². The Hall–Kier alpha value is -2.37. The molecule has 1 unspecified atom stereocenters. The predicted octanol–water partition coefficient (Wildman–Crippen LogP) is 25.5. The maximum atomic E-state index is 13.0. The van der Waals surface area contributed by atoms with Gasteiger partial charge >= 0.3 is 17.9 Å². The van der Waals surface area contributed by atoms with Crippen LogP contribution in [-0.4, -0.2) is 37.2 Å². The molecule has 0 rings (SSSR count). The maximum absolute atomic E-state index is 13.0. The molecule has 6 nitrogen and oxygen atoms in total. The van der Waals surface area contributed by atoms with E-state index in [1.807, 2.05) is 0 Å². The lowest BCUT2D eigenvalue weighted by Crippen LogP contribution is -2.30. The third kappa shape index (κ3) is 68.4. The summed E-state index contributed by atoms with van der Waals surface area (Å²) in [5.74, 6) is -0.837. The number of rotatable bonds is 69. The molecule has 82 heavy (non-hydrogen) atoms. The summed E-state index contributed by atoms with van der Waals surface area (Å²) in [5, 5.41) is 0. The van der Waals surface area contributed by atoms with E-state index >= 15 is 0 Å². The van der Waals surface area contributed by atoms with Gasteiger partial charge < -0.3 is 14.2 Å². The molecule has 0 amide bonds. The standard InChI is InChI=1S/C76H142O6/c1-4-7-10-13-16-19-22-25-28-31-34-36-37-38-39-41-42-45-48-51-54-57-60-63-66-69-75(78)81-72-73(71-80-74(77)68-65-62-59-56-53-50-47-44-33-30-27-24-21-18-15-12-9-6-3)82-76(79)70-67-64-61-58-55-52-49-46-43-40-35-32-29-26-23-20-17-14-11-8-5-2/h22,25,31-32,34-35,73H,4-21,23-24,26-30,33,36-72H2,1-3H3/b25-22-,34-31-,35-32-. The third-order valence-electron chi connectivity index (χ3n) is 16.9. The van der Waals surface area contributed by atoms with E-state index in [0.717, 1.165) is 64.2 Å². The van der Waals surface area contributed by atoms with Gasteiger partial charge in [-0.2, -0.15) is 0 Å². The second-order valence-corrected chi connectivity index (χ2v) is 25.2. The number of hydrogen-bond donors (Lipinski definition) is 0. The molecule has 0 heterocycles. The molecule has 0 aromatic carbocycles. The van der Waals surface area contributed by atoms with Gasteiger partial charge in [-0.3, -0.25) is 14.4 Å². The Morgan fingerprint density at radius 1 is 0.244 bits per heavy atom. The molecule has 0 N–H and O–H groups in total. The third-order valence-corrected chi connectivity index (χ3v) is 16.9. The molecule has 0 bridgehead atoms. The van der Waals surface area contributed by atoms with Crippen molar-refractivity contribution in [2.24, 2.45) is 0 Å². The molecule has 6 heteroatoms. The summed E-state index contributed by atoms with van der Waals surface area (Å²) in [6.45, 7) is 6.71. The minimum absolute atomic E-state index is 0.0673. The molecule has 0 spiro atoms. The second kappa shape index (κ2) is 71.1. The Labute approximate surface area is 512 Å². The Bertz CT molecular complexity index is 1370. The van der Waals surface area contributed by atoms with E-state index in [1.165, 1.54) is 308 Å². The Kier molecular flexibility index (Phi) is 69.1. The predicted molar refractivity (Wildman–Crippen MR) is 358 cm³/mol. The van der Waals surface area contributed by atoms with E-state index in [-0.39, 0.29) is 31.1 Å². The van der Waals surface area contributed by atoms with Crippen LogP contribution in [0.15, 0.2) is 36.5 Å². The highest BCUT2D eigenvalue weighted by Gasteiger charge is 2.20. The van der Waals surface area contributed by atoms with Crippen LogP contribution in [0.2, 0.25) is 0 Å². The lowest BCUT2D eigenvalue weighted by atomic mass is 10.0. The summed E-state index contributed by atoms with van der Waals surface area (Å²) in [7, 11) is 0. The van der Waals surface area contributed by atoms with Crippen molar-refractivity contribution in [3.05, 3.63) is 36.5 Å². The molecule has 0 aromatic heterocycles. The lowest BCUT2D eigenvalue weighted by Gasteiger charge is -2.18. The summed E-state index contributed by atoms with van der Waals surface area (Å²) in [6, 6.07) is 0. The first-order valence-electron chi connectivity index (χ1n) is 37.0. The fourth-order valence-corrected chi connectivity index (χ4v) is 11.3. The number of hydrogen-bond acceptors (Lipinski definition) is 6. The van der Waals surface area contributed by atoms with E-state index < -0.39 is 6.10 Å². The minimum Gasteiger partial charge on any atom is -0.462 e. The van der Waals surface area contributed by atoms with E-state index in [0.29, 0.717) is 19.3 Å². The molecule has 1 atom stereocenters. The van der Waals surface area contributed by atoms with Crippen LogP contribution < -0.4 is 0 Å². The number of carbonyl (C=O) groups is 3. The molecular formula is C76H142O6. The van der Waals surface area contributed by atoms with Crippen molar-refractivity contribution in [2.45, 2.75) is 419 Å². The lowest BCUT2D eigenvalue weighted by molar-refractivity contribution is -0.167. The van der Waals surface area contributed by atoms with Crippen molar-refractivity contribution in [1.29, 1.82) is 0 Å². The second-order valence-electron chi connectivity index (χ2n) is 25.2. The van der Waals surface area contributed by atoms with Gasteiger partial charge in [0.25, 0.3) is 0 Å². The molecule has 0 saturated carbocycles. The van der Waals surface area contributed by atoms with Gasteiger partial charge in [-0.1, -0.05) is 353 Å². The van der Waals surface area contributed by atoms with E-state index in [4.69, 9.17) is 14.2 Å². The molecule has 0 radical (unpaired) electrons. The van der Waals surface area contributed by atoms with Gasteiger partial charge in [0.15, 0.2) is 6.10 Å². The Morgan fingerprint density at radius 3 is 0.683 bits per heavy atom. The molecular weight excluding hydrogens is 1010 g/mol. The highest BCUT2D eigenvalue weighted by atomic mass is 16.6. The Balaban J connectivity index is 4.29. The highest BCUT2D eigenvalue weighted by molar-refractivity contribution is 5.71. The Morgan fingerprint density at radius 2 is 0.439 bits per heavy atom. The summed E-state index contributed by atoms with van der Waals surface area (Å²) in [5.41, 5.74) is 0. The van der Waals surface area contributed by atoms with Gasteiger partial charge in [-0.25, -0.2) is 0 Å². The van der Waals surface area contributed by atoms with E-state index in [1.54, 1.807) is 0 Å². The molecule has 0 aromatic rings. The summed E-state index contributed by atoms with van der Waals surface area (Å²) >= 11 is 0. The summed E-state index contributed by atoms with van der Waals surface area (Å²) in [6.07, 6.45) is 88.9. The normalized spacial score (nSPS) is 12.2. The topological polar surface area (TPSA) is 78.9 Å². The average molecular weight is 1150 g/mol. The van der Waals surface area contributed by atoms with Crippen molar-refractivity contribution in [1.82, 2.24) is 0 Å². The van der Waals surface area contributed by atoms with Crippen LogP contribution in [0.25, 0.3) is 0 Å². The molecule has 0 aliphatic heterocycles. The number of esters is 3. The summed E-state index contributed by atoms with van der Waals surface area (Å²) < 4.78 is 17.0. The number of unbranched alkanes of at least 4 members (excludes halogenated alkanes) is 52. The van der Waals surface area contributed by atoms with Crippen LogP contribution >= 0.6 is 0 Å². The van der Waals surface area contributed by atoms with Crippen LogP contribution in [0.3, 0.4) is 0 Å². The van der Waals surface area contributed by atoms with Crippen molar-refractivity contribution in [3.63, 3.8) is 0 Å². The van der Waals surface area contributed by atoms with Gasteiger partial charge in [-0.15, -0.1) is 0 Å². The maximum Gasteiger partial charge on any atom is 0.306 e. The largest absolute Gasteiger partial charge is 0.462 e. The number of allylic oxidation sites excluding steroid dienone is 6. The van der Waals surface area contributed by atoms with Crippen LogP contribution in [0.4, 0.5) is 0 Å². The smallest absolute Gasteiger partial charge is 0.306 e. The van der Waals surface area contributed by atoms with Gasteiger partial charge in [-0.05, 0) is 77.0 Å². The van der Waals surface area contributed by atoms with E-state index in [9.17, 15) is 14.4 Å². The molecule has 0 aliphatic rings. The first kappa shape index (κ1) is 79.6. The molecule has 0 aliphatic carbocycles. The minimum atomic E-state index is -0.773. The van der Waals surface area contributed by atoms with Crippen LogP contribution in [0, 0.1) is 0 Å². The quantitative estimate of drug-likeness (QED) is 0.0261. The van der Waals surface area contributed by atoms with Crippen LogP contribution in [-0.2, 0) is 28.6 Å². The average Bonchev–Trinajstić information content (AvgIpc) is 3.47. The molecule has 482 valence electrons. The highest BCUT2D eigenvalue weighted by Crippen LogP contribution is 2.19. The summed E-state index contributed by atoms with van der Waals surface area (Å²) in [4.78, 5) is 38.5. The van der Waals surface area contributed by atoms with Gasteiger partial charge in [0.2, 0.25) is 0 Å². The zero-order chi connectivity index (χ0) is 59.2. The number of ether oxygens (including phenoxy) is 3. The molecule has 0 fully saturated rings. The molecule has 0 saturated heterocycles. The van der Waals surface area contributed by atoms with Crippen LogP contribution in [0.5, 0.6) is 0 Å². The monoisotopic (exact) mass is 1150 g/mol. The number of carbonyl (C=O) groups excluding carboxylic acids is 3. The van der Waals surface area contributed by atoms with Crippen molar-refractivity contribution in [3.8, 4) is 0 Å². The van der Waals surface area contributed by atoms with Crippen LogP contribution in [0.1, 0.15) is 412 Å².